The van der Waals surface area contributed by atoms with E-state index in [0.29, 0.717) is 47.4 Å². The van der Waals surface area contributed by atoms with Gasteiger partial charge in [-0.3, -0.25) is 9.59 Å². The summed E-state index contributed by atoms with van der Waals surface area (Å²) in [5.74, 6) is -0.622. The smallest absolute Gasteiger partial charge is 0.416 e. The zero-order valence-electron chi connectivity index (χ0n) is 18.8. The van der Waals surface area contributed by atoms with Gasteiger partial charge in [0.2, 0.25) is 0 Å². The van der Waals surface area contributed by atoms with Crippen molar-refractivity contribution < 1.29 is 27.2 Å². The summed E-state index contributed by atoms with van der Waals surface area (Å²) in [6, 6.07) is 9.79. The number of hydrogen-bond donors (Lipinski definition) is 2. The molecule has 1 heterocycles. The molecule has 2 aromatic carbocycles. The minimum atomic E-state index is -4.59. The Morgan fingerprint density at radius 2 is 1.80 bits per heavy atom. The molecular formula is C25H21ClF3N3O3. The first kappa shape index (κ1) is 24.5. The fraction of sp³-hybridized carbons (Fsp3) is 0.240. The van der Waals surface area contributed by atoms with Gasteiger partial charge in [0.05, 0.1) is 22.0 Å². The van der Waals surface area contributed by atoms with Gasteiger partial charge < -0.3 is 9.73 Å². The van der Waals surface area contributed by atoms with Crippen LogP contribution in [0.4, 0.5) is 18.9 Å². The number of aryl methyl sites for hydroxylation is 2. The molecule has 35 heavy (non-hydrogen) atoms. The Labute approximate surface area is 204 Å². The number of alkyl halides is 3. The van der Waals surface area contributed by atoms with Gasteiger partial charge in [-0.2, -0.15) is 18.3 Å². The number of anilines is 1. The first-order valence-corrected chi connectivity index (χ1v) is 11.2. The Morgan fingerprint density at radius 3 is 2.51 bits per heavy atom. The Kier molecular flexibility index (Phi) is 6.71. The fourth-order valence-electron chi connectivity index (χ4n) is 3.98. The van der Waals surface area contributed by atoms with Gasteiger partial charge in [0.15, 0.2) is 5.76 Å². The van der Waals surface area contributed by atoms with Crippen LogP contribution in [-0.4, -0.2) is 17.5 Å². The summed E-state index contributed by atoms with van der Waals surface area (Å²) in [4.78, 5) is 25.5. The van der Waals surface area contributed by atoms with Gasteiger partial charge in [0, 0.05) is 23.1 Å². The Balaban J connectivity index is 1.59. The number of fused-ring (bicyclic) bond motifs is 1. The van der Waals surface area contributed by atoms with Crippen molar-refractivity contribution in [2.24, 2.45) is 5.10 Å². The Hall–Kier alpha value is -3.59. The predicted molar refractivity (Wildman–Crippen MR) is 126 cm³/mol. The van der Waals surface area contributed by atoms with Crippen LogP contribution in [0.25, 0.3) is 0 Å². The highest BCUT2D eigenvalue weighted by Gasteiger charge is 2.32. The molecule has 0 spiro atoms. The maximum Gasteiger partial charge on any atom is 0.416 e. The lowest BCUT2D eigenvalue weighted by Crippen LogP contribution is -2.22. The standard InChI is InChI=1S/C25H21ClF3N3O3/c1-13-6-3-4-7-16(13)23(33)32-31-18-8-5-9-20-21(18)14(2)22(35-20)24(34)30-19-12-15(25(27,28)29)10-11-17(19)26/h3-4,6-7,10-12H,5,8-9H2,1-2H3,(H,30,34)(H,32,33)/b31-18+. The highest BCUT2D eigenvalue weighted by atomic mass is 35.5. The molecule has 1 aliphatic carbocycles. The molecule has 0 fully saturated rings. The van der Waals surface area contributed by atoms with Crippen molar-refractivity contribution in [1.82, 2.24) is 5.43 Å². The maximum atomic E-state index is 13.1. The van der Waals surface area contributed by atoms with Crippen molar-refractivity contribution >= 4 is 34.8 Å². The SMILES string of the molecule is Cc1ccccc1C(=O)N/N=C1\CCCc2oc(C(=O)Nc3cc(C(F)(F)F)ccc3Cl)c(C)c21. The van der Waals surface area contributed by atoms with Gasteiger partial charge in [-0.25, -0.2) is 5.43 Å². The molecule has 2 amide bonds. The third kappa shape index (κ3) is 5.09. The van der Waals surface area contributed by atoms with E-state index in [1.54, 1.807) is 19.1 Å². The molecule has 0 unspecified atom stereocenters. The van der Waals surface area contributed by atoms with Crippen molar-refractivity contribution in [1.29, 1.82) is 0 Å². The number of benzene rings is 2. The molecule has 0 saturated carbocycles. The summed E-state index contributed by atoms with van der Waals surface area (Å²) >= 11 is 6.00. The van der Waals surface area contributed by atoms with E-state index in [1.165, 1.54) is 0 Å². The molecule has 2 N–H and O–H groups in total. The van der Waals surface area contributed by atoms with Crippen molar-refractivity contribution in [3.8, 4) is 0 Å². The van der Waals surface area contributed by atoms with Crippen LogP contribution in [0.2, 0.25) is 5.02 Å². The highest BCUT2D eigenvalue weighted by molar-refractivity contribution is 6.34. The van der Waals surface area contributed by atoms with Crippen LogP contribution in [-0.2, 0) is 12.6 Å². The van der Waals surface area contributed by atoms with Crippen LogP contribution in [0, 0.1) is 13.8 Å². The van der Waals surface area contributed by atoms with Crippen molar-refractivity contribution in [2.45, 2.75) is 39.3 Å². The third-order valence-electron chi connectivity index (χ3n) is 5.76. The van der Waals surface area contributed by atoms with E-state index >= 15 is 0 Å². The highest BCUT2D eigenvalue weighted by Crippen LogP contribution is 2.35. The summed E-state index contributed by atoms with van der Waals surface area (Å²) in [6.45, 7) is 3.48. The van der Waals surface area contributed by atoms with Crippen molar-refractivity contribution in [2.75, 3.05) is 5.32 Å². The largest absolute Gasteiger partial charge is 0.455 e. The zero-order valence-corrected chi connectivity index (χ0v) is 19.6. The van der Waals surface area contributed by atoms with Gasteiger partial charge in [0.1, 0.15) is 5.76 Å². The number of carbonyl (C=O) groups is 2. The van der Waals surface area contributed by atoms with Gasteiger partial charge >= 0.3 is 6.18 Å². The first-order chi connectivity index (χ1) is 16.6. The molecule has 4 rings (SSSR count). The fourth-order valence-corrected chi connectivity index (χ4v) is 4.14. The molecule has 6 nitrogen and oxygen atoms in total. The molecule has 1 aromatic heterocycles. The number of hydrogen-bond acceptors (Lipinski definition) is 4. The molecule has 0 atom stereocenters. The number of furan rings is 1. The van der Waals surface area contributed by atoms with E-state index in [4.69, 9.17) is 16.0 Å². The summed E-state index contributed by atoms with van der Waals surface area (Å²) < 4.78 is 45.0. The lowest BCUT2D eigenvalue weighted by molar-refractivity contribution is -0.137. The van der Waals surface area contributed by atoms with E-state index in [1.807, 2.05) is 19.1 Å². The Bertz CT molecular complexity index is 1350. The van der Waals surface area contributed by atoms with Gasteiger partial charge in [0.25, 0.3) is 11.8 Å². The van der Waals surface area contributed by atoms with E-state index in [-0.39, 0.29) is 22.4 Å². The van der Waals surface area contributed by atoms with Gasteiger partial charge in [-0.1, -0.05) is 29.8 Å². The molecule has 0 bridgehead atoms. The van der Waals surface area contributed by atoms with E-state index in [0.717, 1.165) is 23.8 Å². The van der Waals surface area contributed by atoms with E-state index in [9.17, 15) is 22.8 Å². The number of nitrogens with one attached hydrogen (secondary N) is 2. The molecule has 10 heteroatoms. The van der Waals surface area contributed by atoms with Crippen molar-refractivity contribution in [3.05, 3.63) is 86.8 Å². The number of halogens is 4. The molecule has 0 aliphatic heterocycles. The quantitative estimate of drug-likeness (QED) is 0.410. The number of nitrogens with zero attached hydrogens (tertiary/aromatic N) is 1. The summed E-state index contributed by atoms with van der Waals surface area (Å²) in [7, 11) is 0. The van der Waals surface area contributed by atoms with Gasteiger partial charge in [-0.15, -0.1) is 0 Å². The number of carbonyl (C=O) groups excluding carboxylic acids is 2. The summed E-state index contributed by atoms with van der Waals surface area (Å²) in [5.41, 5.74) is 4.40. The van der Waals surface area contributed by atoms with Crippen LogP contribution >= 0.6 is 11.6 Å². The third-order valence-corrected chi connectivity index (χ3v) is 6.09. The minimum absolute atomic E-state index is 0.0403. The van der Waals surface area contributed by atoms with E-state index < -0.39 is 17.6 Å². The van der Waals surface area contributed by atoms with Crippen LogP contribution < -0.4 is 10.7 Å². The van der Waals surface area contributed by atoms with E-state index in [2.05, 4.69) is 15.8 Å². The first-order valence-electron chi connectivity index (χ1n) is 10.8. The number of rotatable bonds is 4. The average molecular weight is 504 g/mol. The molecular weight excluding hydrogens is 483 g/mol. The van der Waals surface area contributed by atoms with Crippen LogP contribution in [0.15, 0.2) is 52.0 Å². The van der Waals surface area contributed by atoms with Gasteiger partial charge in [-0.05, 0) is 56.5 Å². The van der Waals surface area contributed by atoms with Crippen LogP contribution in [0.1, 0.15) is 61.8 Å². The lowest BCUT2D eigenvalue weighted by Gasteiger charge is -2.13. The summed E-state index contributed by atoms with van der Waals surface area (Å²) in [5, 5.41) is 6.66. The molecule has 0 saturated heterocycles. The second kappa shape index (κ2) is 9.58. The lowest BCUT2D eigenvalue weighted by atomic mass is 9.93. The summed E-state index contributed by atoms with van der Waals surface area (Å²) in [6.07, 6.45) is -2.78. The maximum absolute atomic E-state index is 13.1. The molecule has 0 radical (unpaired) electrons. The Morgan fingerprint density at radius 1 is 1.06 bits per heavy atom. The van der Waals surface area contributed by atoms with Crippen LogP contribution in [0.3, 0.4) is 0 Å². The zero-order chi connectivity index (χ0) is 25.3. The second-order valence-electron chi connectivity index (χ2n) is 8.17. The predicted octanol–water partition coefficient (Wildman–Crippen LogP) is 6.29. The monoisotopic (exact) mass is 503 g/mol. The second-order valence-corrected chi connectivity index (χ2v) is 8.58. The minimum Gasteiger partial charge on any atom is -0.455 e. The van der Waals surface area contributed by atoms with Crippen molar-refractivity contribution in [3.63, 3.8) is 0 Å². The molecule has 182 valence electrons. The topological polar surface area (TPSA) is 83.7 Å². The normalized spacial score (nSPS) is 14.5. The average Bonchev–Trinajstić information content (AvgIpc) is 3.15. The number of amides is 2. The van der Waals surface area contributed by atoms with Crippen LogP contribution in [0.5, 0.6) is 0 Å². The molecule has 3 aromatic rings. The molecule has 1 aliphatic rings. The number of hydrazone groups is 1.